The third kappa shape index (κ3) is 2.39. The summed E-state index contributed by atoms with van der Waals surface area (Å²) in [6.45, 7) is 4.97. The van der Waals surface area contributed by atoms with Crippen molar-refractivity contribution in [3.05, 3.63) is 24.3 Å². The predicted molar refractivity (Wildman–Crippen MR) is 86.7 cm³/mol. The standard InChI is InChI=1S/C16H24P2/c1-13-7-5-11-17(13)15-9-3-4-10-16(15)18-12-6-8-14(18)2/h3-4,9-10,13-14H,5-8,11-12H2,1-2H3/t13-,14+,17?,18?. The normalized spacial score (nSPS) is 36.1. The van der Waals surface area contributed by atoms with Gasteiger partial charge in [0.05, 0.1) is 0 Å². The van der Waals surface area contributed by atoms with E-state index in [-0.39, 0.29) is 15.8 Å². The second-order valence-corrected chi connectivity index (χ2v) is 11.4. The molecule has 4 atom stereocenters. The summed E-state index contributed by atoms with van der Waals surface area (Å²) in [5.74, 6) is 0. The van der Waals surface area contributed by atoms with E-state index in [2.05, 4.69) is 38.1 Å². The third-order valence-electron chi connectivity index (χ3n) is 4.61. The molecule has 2 heteroatoms. The van der Waals surface area contributed by atoms with Gasteiger partial charge in [0.15, 0.2) is 0 Å². The van der Waals surface area contributed by atoms with Gasteiger partial charge in [0.1, 0.15) is 0 Å². The van der Waals surface area contributed by atoms with Gasteiger partial charge < -0.3 is 0 Å². The van der Waals surface area contributed by atoms with E-state index >= 15 is 0 Å². The Balaban J connectivity index is 1.94. The van der Waals surface area contributed by atoms with E-state index < -0.39 is 0 Å². The minimum atomic E-state index is 0.159. The smallest absolute Gasteiger partial charge is 0.0161 e. The minimum absolute atomic E-state index is 0.159. The van der Waals surface area contributed by atoms with Crippen LogP contribution in [0.1, 0.15) is 39.5 Å². The highest BCUT2D eigenvalue weighted by Gasteiger charge is 2.31. The Hall–Kier alpha value is 0.0800. The van der Waals surface area contributed by atoms with E-state index in [1.165, 1.54) is 38.0 Å². The molecule has 98 valence electrons. The van der Waals surface area contributed by atoms with Gasteiger partial charge >= 0.3 is 0 Å². The lowest BCUT2D eigenvalue weighted by atomic mass is 10.3. The molecule has 0 spiro atoms. The highest BCUT2D eigenvalue weighted by atomic mass is 31.1. The van der Waals surface area contributed by atoms with Crippen molar-refractivity contribution in [3.8, 4) is 0 Å². The summed E-state index contributed by atoms with van der Waals surface area (Å²) in [5, 5.41) is 3.58. The maximum absolute atomic E-state index is 2.49. The van der Waals surface area contributed by atoms with Gasteiger partial charge in [-0.15, -0.1) is 0 Å². The van der Waals surface area contributed by atoms with E-state index in [1.807, 2.05) is 0 Å². The van der Waals surface area contributed by atoms with Gasteiger partial charge in [0, 0.05) is 0 Å². The second-order valence-electron chi connectivity index (χ2n) is 5.86. The fourth-order valence-electron chi connectivity index (χ4n) is 3.53. The molecule has 18 heavy (non-hydrogen) atoms. The minimum Gasteiger partial charge on any atom is -0.0717 e. The fraction of sp³-hybridized carbons (Fsp3) is 0.625. The van der Waals surface area contributed by atoms with Crippen LogP contribution < -0.4 is 10.6 Å². The first-order valence-corrected chi connectivity index (χ1v) is 10.6. The van der Waals surface area contributed by atoms with E-state index in [0.717, 1.165) is 11.3 Å². The van der Waals surface area contributed by atoms with Crippen LogP contribution in [0.25, 0.3) is 0 Å². The van der Waals surface area contributed by atoms with Gasteiger partial charge in [-0.1, -0.05) is 54.0 Å². The summed E-state index contributed by atoms with van der Waals surface area (Å²) in [7, 11) is 0.318. The molecule has 2 fully saturated rings. The van der Waals surface area contributed by atoms with Crippen LogP contribution >= 0.6 is 15.8 Å². The Morgan fingerprint density at radius 1 is 0.833 bits per heavy atom. The highest BCUT2D eigenvalue weighted by molar-refractivity contribution is 7.72. The first-order chi connectivity index (χ1) is 8.77. The lowest BCUT2D eigenvalue weighted by Crippen LogP contribution is -2.25. The van der Waals surface area contributed by atoms with Gasteiger partial charge in [-0.25, -0.2) is 0 Å². The molecule has 0 aromatic heterocycles. The Bertz CT molecular complexity index is 376. The van der Waals surface area contributed by atoms with Crippen molar-refractivity contribution >= 4 is 26.5 Å². The highest BCUT2D eigenvalue weighted by Crippen LogP contribution is 2.53. The molecule has 2 heterocycles. The van der Waals surface area contributed by atoms with Gasteiger partial charge in [-0.05, 0) is 59.9 Å². The molecule has 2 aliphatic heterocycles. The Morgan fingerprint density at radius 3 is 1.61 bits per heavy atom. The van der Waals surface area contributed by atoms with E-state index in [1.54, 1.807) is 10.6 Å². The SMILES string of the molecule is C[C@@H]1CCCP1c1ccccc1P1CCC[C@@H]1C. The van der Waals surface area contributed by atoms with Crippen LogP contribution in [0.5, 0.6) is 0 Å². The number of hydrogen-bond donors (Lipinski definition) is 0. The predicted octanol–water partition coefficient (Wildman–Crippen LogP) is 4.27. The molecule has 0 radical (unpaired) electrons. The van der Waals surface area contributed by atoms with Crippen molar-refractivity contribution in [3.63, 3.8) is 0 Å². The summed E-state index contributed by atoms with van der Waals surface area (Å²) >= 11 is 0. The average molecular weight is 278 g/mol. The van der Waals surface area contributed by atoms with Crippen molar-refractivity contribution in [1.29, 1.82) is 0 Å². The average Bonchev–Trinajstić information content (AvgIpc) is 2.98. The molecule has 1 aromatic rings. The number of rotatable bonds is 2. The Labute approximate surface area is 114 Å². The fourth-order valence-corrected chi connectivity index (χ4v) is 9.94. The van der Waals surface area contributed by atoms with Gasteiger partial charge in [0.25, 0.3) is 0 Å². The summed E-state index contributed by atoms with van der Waals surface area (Å²) in [5.41, 5.74) is 1.93. The van der Waals surface area contributed by atoms with Crippen LogP contribution in [0.3, 0.4) is 0 Å². The molecule has 2 unspecified atom stereocenters. The zero-order valence-electron chi connectivity index (χ0n) is 11.6. The number of hydrogen-bond acceptors (Lipinski definition) is 0. The zero-order valence-corrected chi connectivity index (χ0v) is 13.4. The lowest BCUT2D eigenvalue weighted by Gasteiger charge is -2.25. The van der Waals surface area contributed by atoms with Crippen LogP contribution in [-0.2, 0) is 0 Å². The van der Waals surface area contributed by atoms with E-state index in [0.29, 0.717) is 0 Å². The topological polar surface area (TPSA) is 0 Å². The summed E-state index contributed by atoms with van der Waals surface area (Å²) < 4.78 is 0. The largest absolute Gasteiger partial charge is 0.0717 e. The molecular formula is C16H24P2. The molecule has 3 rings (SSSR count). The van der Waals surface area contributed by atoms with Crippen LogP contribution in [-0.4, -0.2) is 23.6 Å². The van der Waals surface area contributed by atoms with Gasteiger partial charge in [-0.3, -0.25) is 0 Å². The summed E-state index contributed by atoms with van der Waals surface area (Å²) in [6, 6.07) is 9.50. The van der Waals surface area contributed by atoms with Crippen LogP contribution in [0.15, 0.2) is 24.3 Å². The molecule has 0 nitrogen and oxygen atoms in total. The molecule has 2 aliphatic rings. The van der Waals surface area contributed by atoms with Crippen LogP contribution in [0, 0.1) is 0 Å². The molecule has 0 saturated carbocycles. The van der Waals surface area contributed by atoms with E-state index in [9.17, 15) is 0 Å². The maximum atomic E-state index is 2.49. The Morgan fingerprint density at radius 2 is 1.28 bits per heavy atom. The zero-order chi connectivity index (χ0) is 12.5. The molecule has 1 aromatic carbocycles. The monoisotopic (exact) mass is 278 g/mol. The summed E-state index contributed by atoms with van der Waals surface area (Å²) in [4.78, 5) is 0. The van der Waals surface area contributed by atoms with Crippen molar-refractivity contribution in [1.82, 2.24) is 0 Å². The lowest BCUT2D eigenvalue weighted by molar-refractivity contribution is 0.836. The maximum Gasteiger partial charge on any atom is -0.0161 e. The Kier molecular flexibility index (Phi) is 4.07. The van der Waals surface area contributed by atoms with Crippen LogP contribution in [0.4, 0.5) is 0 Å². The van der Waals surface area contributed by atoms with Crippen molar-refractivity contribution < 1.29 is 0 Å². The molecule has 0 N–H and O–H groups in total. The van der Waals surface area contributed by atoms with E-state index in [4.69, 9.17) is 0 Å². The van der Waals surface area contributed by atoms with Gasteiger partial charge in [-0.2, -0.15) is 0 Å². The second kappa shape index (κ2) is 5.60. The summed E-state index contributed by atoms with van der Waals surface area (Å²) in [6.07, 6.45) is 8.85. The third-order valence-corrected chi connectivity index (χ3v) is 11.0. The quantitative estimate of drug-likeness (QED) is 0.709. The van der Waals surface area contributed by atoms with Crippen molar-refractivity contribution in [2.45, 2.75) is 50.8 Å². The first-order valence-electron chi connectivity index (χ1n) is 7.39. The molecule has 0 amide bonds. The van der Waals surface area contributed by atoms with Crippen molar-refractivity contribution in [2.24, 2.45) is 0 Å². The molecule has 2 saturated heterocycles. The molecule has 0 bridgehead atoms. The van der Waals surface area contributed by atoms with Crippen molar-refractivity contribution in [2.75, 3.05) is 12.3 Å². The first kappa shape index (κ1) is 13.1. The molecule has 0 aliphatic carbocycles. The van der Waals surface area contributed by atoms with Gasteiger partial charge in [0.2, 0.25) is 0 Å². The number of benzene rings is 1. The van der Waals surface area contributed by atoms with Crippen LogP contribution in [0.2, 0.25) is 0 Å². The molecular weight excluding hydrogens is 254 g/mol.